The lowest BCUT2D eigenvalue weighted by Gasteiger charge is -2.15. The van der Waals surface area contributed by atoms with Gasteiger partial charge in [-0.15, -0.1) is 0 Å². The molecule has 0 fully saturated rings. The minimum Gasteiger partial charge on any atom is -0.496 e. The number of carbonyl (C=O) groups is 1. The standard InChI is InChI=1S/C23H21F3O4/c1-4-12-29-18-14-20(28-3)22(21(15-18)30-13-5-2)19(27)11-8-16-6-9-17(10-7-16)23(24,25)26/h4-11,14-15H,1-2,12-13H2,3H3/b11-8+. The highest BCUT2D eigenvalue weighted by Crippen LogP contribution is 2.35. The Morgan fingerprint density at radius 3 is 2.17 bits per heavy atom. The van der Waals surface area contributed by atoms with Gasteiger partial charge in [0.05, 0.1) is 12.7 Å². The lowest BCUT2D eigenvalue weighted by atomic mass is 10.1. The summed E-state index contributed by atoms with van der Waals surface area (Å²) in [7, 11) is 1.40. The van der Waals surface area contributed by atoms with Crippen LogP contribution >= 0.6 is 0 Å². The van der Waals surface area contributed by atoms with Crippen molar-refractivity contribution in [2.75, 3.05) is 20.3 Å². The molecule has 2 rings (SSSR count). The van der Waals surface area contributed by atoms with Gasteiger partial charge in [0.2, 0.25) is 0 Å². The first kappa shape index (κ1) is 22.8. The van der Waals surface area contributed by atoms with Crippen LogP contribution < -0.4 is 14.2 Å². The second kappa shape index (κ2) is 10.3. The highest BCUT2D eigenvalue weighted by Gasteiger charge is 2.29. The van der Waals surface area contributed by atoms with E-state index in [2.05, 4.69) is 13.2 Å². The molecule has 0 saturated heterocycles. The quantitative estimate of drug-likeness (QED) is 0.280. The van der Waals surface area contributed by atoms with Crippen molar-refractivity contribution in [2.45, 2.75) is 6.18 Å². The van der Waals surface area contributed by atoms with Crippen LogP contribution in [0.3, 0.4) is 0 Å². The summed E-state index contributed by atoms with van der Waals surface area (Å²) in [5.74, 6) is 0.447. The maximum Gasteiger partial charge on any atom is 0.416 e. The fourth-order valence-corrected chi connectivity index (χ4v) is 2.51. The van der Waals surface area contributed by atoms with Gasteiger partial charge in [-0.05, 0) is 23.8 Å². The first-order chi connectivity index (χ1) is 14.3. The third-order valence-electron chi connectivity index (χ3n) is 3.90. The van der Waals surface area contributed by atoms with Gasteiger partial charge in [0.15, 0.2) is 5.78 Å². The summed E-state index contributed by atoms with van der Waals surface area (Å²) in [6, 6.07) is 7.57. The summed E-state index contributed by atoms with van der Waals surface area (Å²) < 4.78 is 54.4. The van der Waals surface area contributed by atoms with E-state index in [1.54, 1.807) is 18.2 Å². The van der Waals surface area contributed by atoms with Crippen molar-refractivity contribution in [1.29, 1.82) is 0 Å². The van der Waals surface area contributed by atoms with Crippen LogP contribution in [0, 0.1) is 0 Å². The average Bonchev–Trinajstić information content (AvgIpc) is 2.73. The molecule has 0 amide bonds. The summed E-state index contributed by atoms with van der Waals surface area (Å²) in [5.41, 5.74) is -0.161. The van der Waals surface area contributed by atoms with E-state index in [0.29, 0.717) is 11.3 Å². The summed E-state index contributed by atoms with van der Waals surface area (Å²) in [5, 5.41) is 0. The van der Waals surface area contributed by atoms with Gasteiger partial charge in [0.25, 0.3) is 0 Å². The fourth-order valence-electron chi connectivity index (χ4n) is 2.51. The Labute approximate surface area is 172 Å². The van der Waals surface area contributed by atoms with Crippen molar-refractivity contribution in [3.8, 4) is 17.2 Å². The normalized spacial score (nSPS) is 11.2. The number of halogens is 3. The van der Waals surface area contributed by atoms with Crippen molar-refractivity contribution in [2.24, 2.45) is 0 Å². The van der Waals surface area contributed by atoms with Gasteiger partial charge in [0, 0.05) is 12.1 Å². The molecule has 0 radical (unpaired) electrons. The van der Waals surface area contributed by atoms with Crippen LogP contribution in [0.1, 0.15) is 21.5 Å². The molecule has 2 aromatic carbocycles. The third-order valence-corrected chi connectivity index (χ3v) is 3.90. The van der Waals surface area contributed by atoms with Crippen molar-refractivity contribution < 1.29 is 32.2 Å². The fraction of sp³-hybridized carbons (Fsp3) is 0.174. The number of hydrogen-bond donors (Lipinski definition) is 0. The Hall–Kier alpha value is -3.48. The van der Waals surface area contributed by atoms with E-state index in [9.17, 15) is 18.0 Å². The Morgan fingerprint density at radius 2 is 1.60 bits per heavy atom. The average molecular weight is 418 g/mol. The van der Waals surface area contributed by atoms with Crippen LogP contribution in [0.25, 0.3) is 6.08 Å². The molecule has 0 heterocycles. The van der Waals surface area contributed by atoms with Gasteiger partial charge in [-0.25, -0.2) is 0 Å². The lowest BCUT2D eigenvalue weighted by Crippen LogP contribution is -2.06. The van der Waals surface area contributed by atoms with Crippen LogP contribution in [0.15, 0.2) is 67.8 Å². The molecule has 0 saturated carbocycles. The number of hydrogen-bond acceptors (Lipinski definition) is 4. The number of benzene rings is 2. The van der Waals surface area contributed by atoms with Crippen molar-refractivity contribution in [3.05, 3.63) is 84.5 Å². The monoisotopic (exact) mass is 418 g/mol. The zero-order valence-electron chi connectivity index (χ0n) is 16.4. The lowest BCUT2D eigenvalue weighted by molar-refractivity contribution is -0.137. The molecule has 30 heavy (non-hydrogen) atoms. The van der Waals surface area contributed by atoms with Gasteiger partial charge < -0.3 is 14.2 Å². The molecule has 0 N–H and O–H groups in total. The minimum absolute atomic E-state index is 0.150. The third kappa shape index (κ3) is 6.01. The second-order valence-electron chi connectivity index (χ2n) is 6.02. The van der Waals surface area contributed by atoms with E-state index in [1.165, 1.54) is 37.5 Å². The van der Waals surface area contributed by atoms with E-state index in [1.807, 2.05) is 0 Å². The molecule has 0 aliphatic rings. The topological polar surface area (TPSA) is 44.8 Å². The Kier molecular flexibility index (Phi) is 7.86. The first-order valence-corrected chi connectivity index (χ1v) is 8.89. The molecule has 4 nitrogen and oxygen atoms in total. The predicted octanol–water partition coefficient (Wildman–Crippen LogP) is 5.74. The van der Waals surface area contributed by atoms with Crippen LogP contribution in [-0.4, -0.2) is 26.1 Å². The van der Waals surface area contributed by atoms with Gasteiger partial charge in [0.1, 0.15) is 36.0 Å². The SMILES string of the molecule is C=CCOc1cc(OC)c(C(=O)/C=C/c2ccc(C(F)(F)F)cc2)c(OCC=C)c1. The number of ketones is 1. The maximum absolute atomic E-state index is 12.8. The molecule has 0 unspecified atom stereocenters. The summed E-state index contributed by atoms with van der Waals surface area (Å²) in [6.45, 7) is 7.57. The van der Waals surface area contributed by atoms with Crippen molar-refractivity contribution in [1.82, 2.24) is 0 Å². The zero-order valence-corrected chi connectivity index (χ0v) is 16.4. The Morgan fingerprint density at radius 1 is 1.00 bits per heavy atom. The number of allylic oxidation sites excluding steroid dienone is 1. The number of ether oxygens (including phenoxy) is 3. The maximum atomic E-state index is 12.8. The highest BCUT2D eigenvalue weighted by molar-refractivity contribution is 6.10. The molecule has 158 valence electrons. The van der Waals surface area contributed by atoms with Gasteiger partial charge in [-0.2, -0.15) is 13.2 Å². The summed E-state index contributed by atoms with van der Waals surface area (Å²) in [6.07, 6.45) is 1.34. The number of alkyl halides is 3. The second-order valence-corrected chi connectivity index (χ2v) is 6.02. The van der Waals surface area contributed by atoms with E-state index >= 15 is 0 Å². The smallest absolute Gasteiger partial charge is 0.416 e. The van der Waals surface area contributed by atoms with Gasteiger partial charge >= 0.3 is 6.18 Å². The van der Waals surface area contributed by atoms with E-state index < -0.39 is 17.5 Å². The largest absolute Gasteiger partial charge is 0.496 e. The number of methoxy groups -OCH3 is 1. The summed E-state index contributed by atoms with van der Waals surface area (Å²) >= 11 is 0. The molecule has 7 heteroatoms. The molecule has 0 aliphatic heterocycles. The highest BCUT2D eigenvalue weighted by atomic mass is 19.4. The van der Waals surface area contributed by atoms with E-state index in [4.69, 9.17) is 14.2 Å². The molecule has 0 aliphatic carbocycles. The van der Waals surface area contributed by atoms with Gasteiger partial charge in [-0.3, -0.25) is 4.79 Å². The number of carbonyl (C=O) groups excluding carboxylic acids is 1. The van der Waals surface area contributed by atoms with Crippen LogP contribution in [0.5, 0.6) is 17.2 Å². The van der Waals surface area contributed by atoms with Crippen LogP contribution in [0.4, 0.5) is 13.2 Å². The molecular weight excluding hydrogens is 397 g/mol. The van der Waals surface area contributed by atoms with E-state index in [0.717, 1.165) is 12.1 Å². The number of rotatable bonds is 10. The minimum atomic E-state index is -4.42. The molecule has 0 spiro atoms. The predicted molar refractivity (Wildman–Crippen MR) is 109 cm³/mol. The van der Waals surface area contributed by atoms with E-state index in [-0.39, 0.29) is 30.3 Å². The van der Waals surface area contributed by atoms with Gasteiger partial charge in [-0.1, -0.05) is 43.5 Å². The summed E-state index contributed by atoms with van der Waals surface area (Å²) in [4.78, 5) is 12.8. The van der Waals surface area contributed by atoms with Crippen LogP contribution in [-0.2, 0) is 6.18 Å². The first-order valence-electron chi connectivity index (χ1n) is 8.89. The molecule has 0 bridgehead atoms. The van der Waals surface area contributed by atoms with Crippen molar-refractivity contribution in [3.63, 3.8) is 0 Å². The molecule has 2 aromatic rings. The van der Waals surface area contributed by atoms with Crippen LogP contribution in [0.2, 0.25) is 0 Å². The molecular formula is C23H21F3O4. The molecule has 0 aromatic heterocycles. The Bertz CT molecular complexity index is 929. The van der Waals surface area contributed by atoms with Crippen molar-refractivity contribution >= 4 is 11.9 Å². The molecule has 0 atom stereocenters. The Balaban J connectivity index is 2.35. The zero-order chi connectivity index (χ0) is 22.1.